The van der Waals surface area contributed by atoms with Gasteiger partial charge in [0.05, 0.1) is 28.8 Å². The molecule has 0 radical (unpaired) electrons. The quantitative estimate of drug-likeness (QED) is 0.754. The molecule has 0 aliphatic carbocycles. The van der Waals surface area contributed by atoms with Gasteiger partial charge in [-0.1, -0.05) is 18.2 Å². The second-order valence-electron chi connectivity index (χ2n) is 5.72. The van der Waals surface area contributed by atoms with Gasteiger partial charge < -0.3 is 10.6 Å². The van der Waals surface area contributed by atoms with Gasteiger partial charge >= 0.3 is 0 Å². The molecule has 3 aromatic rings. The highest BCUT2D eigenvalue weighted by Crippen LogP contribution is 2.21. The number of nitrogens with zero attached hydrogens (tertiary/aromatic N) is 2. The van der Waals surface area contributed by atoms with Gasteiger partial charge in [0.25, 0.3) is 5.91 Å². The zero-order valence-electron chi connectivity index (χ0n) is 14.3. The van der Waals surface area contributed by atoms with Crippen LogP contribution in [0.5, 0.6) is 0 Å². The number of hydrogen-bond donors (Lipinski definition) is 2. The van der Waals surface area contributed by atoms with Gasteiger partial charge in [-0.15, -0.1) is 0 Å². The fraction of sp³-hybridized carbons (Fsp3) is 0.105. The van der Waals surface area contributed by atoms with E-state index in [1.54, 1.807) is 11.6 Å². The Morgan fingerprint density at radius 2 is 1.81 bits per heavy atom. The van der Waals surface area contributed by atoms with Crippen LogP contribution in [0.15, 0.2) is 54.7 Å². The van der Waals surface area contributed by atoms with Crippen LogP contribution in [0.2, 0.25) is 0 Å². The topological polar surface area (TPSA) is 76.0 Å². The summed E-state index contributed by atoms with van der Waals surface area (Å²) >= 11 is 0. The van der Waals surface area contributed by atoms with E-state index in [4.69, 9.17) is 0 Å². The fourth-order valence-electron chi connectivity index (χ4n) is 2.55. The number of hydrogen-bond acceptors (Lipinski definition) is 3. The van der Waals surface area contributed by atoms with Gasteiger partial charge in [-0.25, -0.2) is 9.07 Å². The van der Waals surface area contributed by atoms with Crippen molar-refractivity contribution in [1.29, 1.82) is 0 Å². The van der Waals surface area contributed by atoms with Crippen LogP contribution in [-0.2, 0) is 4.79 Å². The minimum atomic E-state index is -0.597. The molecular formula is C19H17FN4O2. The van der Waals surface area contributed by atoms with E-state index in [1.165, 1.54) is 31.3 Å². The predicted molar refractivity (Wildman–Crippen MR) is 97.0 cm³/mol. The third-order valence-corrected chi connectivity index (χ3v) is 3.79. The number of aromatic nitrogens is 2. The first-order chi connectivity index (χ1) is 12.5. The Morgan fingerprint density at radius 3 is 2.50 bits per heavy atom. The van der Waals surface area contributed by atoms with E-state index in [1.807, 2.05) is 30.3 Å². The normalized spacial score (nSPS) is 10.4. The van der Waals surface area contributed by atoms with Crippen LogP contribution in [0.4, 0.5) is 15.8 Å². The van der Waals surface area contributed by atoms with Crippen molar-refractivity contribution in [2.75, 3.05) is 10.6 Å². The van der Waals surface area contributed by atoms with Crippen molar-refractivity contribution in [1.82, 2.24) is 9.78 Å². The van der Waals surface area contributed by atoms with Crippen molar-refractivity contribution in [3.63, 3.8) is 0 Å². The summed E-state index contributed by atoms with van der Waals surface area (Å²) in [4.78, 5) is 23.7. The van der Waals surface area contributed by atoms with E-state index in [-0.39, 0.29) is 11.6 Å². The molecule has 0 bridgehead atoms. The number of carbonyl (C=O) groups excluding carboxylic acids is 2. The second kappa shape index (κ2) is 7.18. The zero-order chi connectivity index (χ0) is 18.7. The van der Waals surface area contributed by atoms with Crippen LogP contribution in [0.3, 0.4) is 0 Å². The van der Waals surface area contributed by atoms with Crippen molar-refractivity contribution in [3.05, 3.63) is 71.8 Å². The molecule has 0 aliphatic rings. The third-order valence-electron chi connectivity index (χ3n) is 3.79. The number of nitrogens with one attached hydrogen (secondary N) is 2. The molecule has 2 amide bonds. The molecule has 0 fully saturated rings. The van der Waals surface area contributed by atoms with Gasteiger partial charge in [0.2, 0.25) is 5.91 Å². The molecule has 3 rings (SSSR count). The largest absolute Gasteiger partial charge is 0.326 e. The average molecular weight is 352 g/mol. The zero-order valence-corrected chi connectivity index (χ0v) is 14.3. The van der Waals surface area contributed by atoms with E-state index < -0.39 is 11.7 Å². The lowest BCUT2D eigenvalue weighted by Crippen LogP contribution is -2.15. The Hall–Kier alpha value is -3.48. The van der Waals surface area contributed by atoms with Gasteiger partial charge in [-0.2, -0.15) is 5.10 Å². The Bertz CT molecular complexity index is 967. The van der Waals surface area contributed by atoms with E-state index in [0.717, 1.165) is 5.69 Å². The average Bonchev–Trinajstić information content (AvgIpc) is 3.00. The van der Waals surface area contributed by atoms with Crippen molar-refractivity contribution in [3.8, 4) is 5.69 Å². The highest BCUT2D eigenvalue weighted by Gasteiger charge is 2.17. The SMILES string of the molecule is CC(=O)Nc1ccc(F)c(NC(=O)c2cnn(-c3ccccc3)c2C)c1. The number of para-hydroxylation sites is 1. The van der Waals surface area contributed by atoms with Crippen LogP contribution >= 0.6 is 0 Å². The summed E-state index contributed by atoms with van der Waals surface area (Å²) < 4.78 is 15.6. The molecule has 0 spiro atoms. The van der Waals surface area contributed by atoms with Crippen molar-refractivity contribution in [2.45, 2.75) is 13.8 Å². The van der Waals surface area contributed by atoms with Crippen LogP contribution in [0, 0.1) is 12.7 Å². The highest BCUT2D eigenvalue weighted by molar-refractivity contribution is 6.05. The van der Waals surface area contributed by atoms with Gasteiger partial charge in [-0.05, 0) is 37.3 Å². The van der Waals surface area contributed by atoms with E-state index in [9.17, 15) is 14.0 Å². The summed E-state index contributed by atoms with van der Waals surface area (Å²) in [7, 11) is 0. The summed E-state index contributed by atoms with van der Waals surface area (Å²) in [5.74, 6) is -1.36. The fourth-order valence-corrected chi connectivity index (χ4v) is 2.55. The molecule has 1 aromatic heterocycles. The number of amides is 2. The molecule has 2 aromatic carbocycles. The Balaban J connectivity index is 1.85. The van der Waals surface area contributed by atoms with Crippen LogP contribution < -0.4 is 10.6 Å². The Labute approximate surface area is 149 Å². The molecule has 0 aliphatic heterocycles. The first-order valence-corrected chi connectivity index (χ1v) is 7.94. The molecule has 0 saturated carbocycles. The summed E-state index contributed by atoms with van der Waals surface area (Å²) in [5, 5.41) is 9.31. The minimum Gasteiger partial charge on any atom is -0.326 e. The molecule has 1 heterocycles. The van der Waals surface area contributed by atoms with Crippen molar-refractivity contribution < 1.29 is 14.0 Å². The van der Waals surface area contributed by atoms with Crippen LogP contribution in [0.25, 0.3) is 5.69 Å². The van der Waals surface area contributed by atoms with Gasteiger partial charge in [0.15, 0.2) is 0 Å². The van der Waals surface area contributed by atoms with E-state index >= 15 is 0 Å². The standard InChI is InChI=1S/C19H17FN4O2/c1-12-16(11-21-24(12)15-6-4-3-5-7-15)19(26)23-18-10-14(22-13(2)25)8-9-17(18)20/h3-11H,1-2H3,(H,22,25)(H,23,26). The molecule has 2 N–H and O–H groups in total. The van der Waals surface area contributed by atoms with E-state index in [2.05, 4.69) is 15.7 Å². The third kappa shape index (κ3) is 3.61. The number of halogens is 1. The van der Waals surface area contributed by atoms with Crippen molar-refractivity contribution in [2.24, 2.45) is 0 Å². The summed E-state index contributed by atoms with van der Waals surface area (Å²) in [6.07, 6.45) is 1.44. The number of anilines is 2. The summed E-state index contributed by atoms with van der Waals surface area (Å²) in [5.41, 5.74) is 2.16. The molecule has 132 valence electrons. The maximum absolute atomic E-state index is 14.0. The predicted octanol–water partition coefficient (Wildman–Crippen LogP) is 3.53. The molecule has 0 atom stereocenters. The van der Waals surface area contributed by atoms with Gasteiger partial charge in [-0.3, -0.25) is 9.59 Å². The van der Waals surface area contributed by atoms with E-state index in [0.29, 0.717) is 16.9 Å². The lowest BCUT2D eigenvalue weighted by Gasteiger charge is -2.09. The number of benzene rings is 2. The van der Waals surface area contributed by atoms with Crippen LogP contribution in [0.1, 0.15) is 23.0 Å². The molecule has 0 unspecified atom stereocenters. The maximum atomic E-state index is 14.0. The minimum absolute atomic E-state index is 0.0203. The van der Waals surface area contributed by atoms with Crippen LogP contribution in [-0.4, -0.2) is 21.6 Å². The molecule has 6 nitrogen and oxygen atoms in total. The van der Waals surface area contributed by atoms with Gasteiger partial charge in [0.1, 0.15) is 5.82 Å². The monoisotopic (exact) mass is 352 g/mol. The maximum Gasteiger partial charge on any atom is 0.259 e. The second-order valence-corrected chi connectivity index (χ2v) is 5.72. The smallest absolute Gasteiger partial charge is 0.259 e. The molecule has 7 heteroatoms. The summed E-state index contributed by atoms with van der Waals surface area (Å²) in [6.45, 7) is 3.11. The lowest BCUT2D eigenvalue weighted by atomic mass is 10.2. The number of rotatable bonds is 4. The van der Waals surface area contributed by atoms with Gasteiger partial charge in [0, 0.05) is 12.6 Å². The van der Waals surface area contributed by atoms with Crippen molar-refractivity contribution >= 4 is 23.2 Å². The highest BCUT2D eigenvalue weighted by atomic mass is 19.1. The Kier molecular flexibility index (Phi) is 4.79. The number of carbonyl (C=O) groups is 2. The molecule has 26 heavy (non-hydrogen) atoms. The molecular weight excluding hydrogens is 335 g/mol. The first kappa shape index (κ1) is 17.3. The Morgan fingerprint density at radius 1 is 1.08 bits per heavy atom. The lowest BCUT2D eigenvalue weighted by molar-refractivity contribution is -0.114. The summed E-state index contributed by atoms with van der Waals surface area (Å²) in [6, 6.07) is 13.4. The first-order valence-electron chi connectivity index (χ1n) is 7.94. The molecule has 0 saturated heterocycles.